The third kappa shape index (κ3) is 5.12. The van der Waals surface area contributed by atoms with E-state index in [0.717, 1.165) is 36.0 Å². The molecule has 2 N–H and O–H groups in total. The first-order chi connectivity index (χ1) is 17.9. The molecule has 0 radical (unpaired) electrons. The standard InChI is InChI=1S/C31H35N5S/c1-21-14-15-22(2)28(19-21)36-23(3)20-26(24(36)4)30-29(27-13-8-9-16-33-27)34-31(37)35(30)18-10-17-32-25-11-6-5-7-12-25/h5-9,11-16,19-20,29-30,32H,10,17-18H2,1-4H3,(H,34,37)/t29-,30+/m0/s1. The van der Waals surface area contributed by atoms with Crippen LogP contribution in [0.3, 0.4) is 0 Å². The molecule has 2 atom stereocenters. The Bertz CT molecular complexity index is 1380. The molecule has 4 aromatic rings. The van der Waals surface area contributed by atoms with E-state index in [4.69, 9.17) is 17.2 Å². The van der Waals surface area contributed by atoms with Gasteiger partial charge in [0.05, 0.1) is 17.8 Å². The Morgan fingerprint density at radius 3 is 2.49 bits per heavy atom. The minimum absolute atomic E-state index is 0.0108. The fourth-order valence-corrected chi connectivity index (χ4v) is 5.77. The molecule has 0 aliphatic carbocycles. The van der Waals surface area contributed by atoms with E-state index in [1.165, 1.54) is 33.8 Å². The molecular weight excluding hydrogens is 474 g/mol. The van der Waals surface area contributed by atoms with Gasteiger partial charge in [-0.1, -0.05) is 36.4 Å². The lowest BCUT2D eigenvalue weighted by atomic mass is 9.96. The molecule has 190 valence electrons. The highest BCUT2D eigenvalue weighted by Gasteiger charge is 2.41. The highest BCUT2D eigenvalue weighted by molar-refractivity contribution is 7.80. The van der Waals surface area contributed by atoms with Crippen LogP contribution in [0.5, 0.6) is 0 Å². The van der Waals surface area contributed by atoms with Crippen LogP contribution in [0.25, 0.3) is 5.69 Å². The molecule has 1 saturated heterocycles. The second-order valence-electron chi connectivity index (χ2n) is 9.92. The van der Waals surface area contributed by atoms with Gasteiger partial charge >= 0.3 is 0 Å². The number of hydrogen-bond acceptors (Lipinski definition) is 3. The van der Waals surface area contributed by atoms with Crippen LogP contribution < -0.4 is 10.6 Å². The van der Waals surface area contributed by atoms with E-state index >= 15 is 0 Å². The number of hydrogen-bond donors (Lipinski definition) is 2. The maximum atomic E-state index is 5.91. The van der Waals surface area contributed by atoms with E-state index in [9.17, 15) is 0 Å². The van der Waals surface area contributed by atoms with Crippen molar-refractivity contribution in [1.29, 1.82) is 0 Å². The van der Waals surface area contributed by atoms with Crippen molar-refractivity contribution >= 4 is 23.0 Å². The van der Waals surface area contributed by atoms with Crippen LogP contribution in [0.2, 0.25) is 0 Å². The topological polar surface area (TPSA) is 45.1 Å². The van der Waals surface area contributed by atoms with Crippen LogP contribution in [0.15, 0.2) is 79.0 Å². The second kappa shape index (κ2) is 10.8. The molecule has 2 aromatic heterocycles. The zero-order chi connectivity index (χ0) is 25.9. The van der Waals surface area contributed by atoms with Gasteiger partial charge in [0, 0.05) is 42.0 Å². The lowest BCUT2D eigenvalue weighted by Crippen LogP contribution is -2.31. The molecule has 3 heterocycles. The highest BCUT2D eigenvalue weighted by Crippen LogP contribution is 2.41. The van der Waals surface area contributed by atoms with Gasteiger partial charge in [-0.2, -0.15) is 0 Å². The number of aryl methyl sites for hydroxylation is 3. The summed E-state index contributed by atoms with van der Waals surface area (Å²) in [6, 6.07) is 25.5. The van der Waals surface area contributed by atoms with Crippen molar-refractivity contribution in [1.82, 2.24) is 19.8 Å². The number of benzene rings is 2. The summed E-state index contributed by atoms with van der Waals surface area (Å²) in [4.78, 5) is 7.07. The summed E-state index contributed by atoms with van der Waals surface area (Å²) in [5.74, 6) is 0. The molecule has 0 saturated carbocycles. The molecule has 5 rings (SSSR count). The minimum atomic E-state index is -0.0108. The van der Waals surface area contributed by atoms with Gasteiger partial charge in [-0.05, 0) is 99.4 Å². The Morgan fingerprint density at radius 1 is 0.946 bits per heavy atom. The van der Waals surface area contributed by atoms with Crippen LogP contribution >= 0.6 is 12.2 Å². The van der Waals surface area contributed by atoms with E-state index in [2.05, 4.69) is 108 Å². The average molecular weight is 510 g/mol. The summed E-state index contributed by atoms with van der Waals surface area (Å²) < 4.78 is 2.39. The number of anilines is 1. The number of thiocarbonyl (C=S) groups is 1. The van der Waals surface area contributed by atoms with Gasteiger partial charge in [0.15, 0.2) is 5.11 Å². The quantitative estimate of drug-likeness (QED) is 0.207. The molecular formula is C31H35N5S. The van der Waals surface area contributed by atoms with Crippen molar-refractivity contribution in [3.05, 3.63) is 113 Å². The van der Waals surface area contributed by atoms with E-state index in [-0.39, 0.29) is 12.1 Å². The summed E-state index contributed by atoms with van der Waals surface area (Å²) in [6.45, 7) is 10.5. The fraction of sp³-hybridized carbons (Fsp3) is 0.290. The van der Waals surface area contributed by atoms with Gasteiger partial charge in [0.1, 0.15) is 0 Å². The zero-order valence-electron chi connectivity index (χ0n) is 22.0. The summed E-state index contributed by atoms with van der Waals surface area (Å²) in [7, 11) is 0. The van der Waals surface area contributed by atoms with Gasteiger partial charge in [0.2, 0.25) is 0 Å². The molecule has 6 heteroatoms. The number of rotatable bonds is 8. The molecule has 5 nitrogen and oxygen atoms in total. The average Bonchev–Trinajstić information content (AvgIpc) is 3.39. The maximum Gasteiger partial charge on any atom is 0.170 e. The molecule has 2 aromatic carbocycles. The molecule has 0 unspecified atom stereocenters. The van der Waals surface area contributed by atoms with Gasteiger partial charge in [0.25, 0.3) is 0 Å². The summed E-state index contributed by atoms with van der Waals surface area (Å²) >= 11 is 5.91. The van der Waals surface area contributed by atoms with E-state index in [0.29, 0.717) is 0 Å². The summed E-state index contributed by atoms with van der Waals surface area (Å²) in [5.41, 5.74) is 9.68. The maximum absolute atomic E-state index is 5.91. The Hall–Kier alpha value is -3.64. The largest absolute Gasteiger partial charge is 0.385 e. The van der Waals surface area contributed by atoms with Crippen LogP contribution in [-0.2, 0) is 0 Å². The van der Waals surface area contributed by atoms with Crippen molar-refractivity contribution in [3.8, 4) is 5.69 Å². The third-order valence-corrected chi connectivity index (χ3v) is 7.62. The Kier molecular flexibility index (Phi) is 7.28. The van der Waals surface area contributed by atoms with Crippen LogP contribution in [-0.4, -0.2) is 32.7 Å². The fourth-order valence-electron chi connectivity index (χ4n) is 5.44. The normalized spacial score (nSPS) is 17.2. The van der Waals surface area contributed by atoms with Crippen molar-refractivity contribution in [2.24, 2.45) is 0 Å². The first-order valence-corrected chi connectivity index (χ1v) is 13.4. The molecule has 1 aliphatic rings. The lowest BCUT2D eigenvalue weighted by Gasteiger charge is -2.28. The van der Waals surface area contributed by atoms with Crippen molar-refractivity contribution in [2.45, 2.75) is 46.2 Å². The number of nitrogens with one attached hydrogen (secondary N) is 2. The van der Waals surface area contributed by atoms with Crippen LogP contribution in [0.4, 0.5) is 5.69 Å². The van der Waals surface area contributed by atoms with Crippen molar-refractivity contribution in [2.75, 3.05) is 18.4 Å². The first kappa shape index (κ1) is 25.0. The van der Waals surface area contributed by atoms with Gasteiger partial charge in [-0.25, -0.2) is 0 Å². The highest BCUT2D eigenvalue weighted by atomic mass is 32.1. The van der Waals surface area contributed by atoms with E-state index in [1.54, 1.807) is 0 Å². The monoisotopic (exact) mass is 509 g/mol. The number of aromatic nitrogens is 2. The van der Waals surface area contributed by atoms with Gasteiger partial charge in [-0.15, -0.1) is 0 Å². The smallest absolute Gasteiger partial charge is 0.170 e. The molecule has 0 amide bonds. The first-order valence-electron chi connectivity index (χ1n) is 13.0. The second-order valence-corrected chi connectivity index (χ2v) is 10.3. The summed E-state index contributed by atoms with van der Waals surface area (Å²) in [6.07, 6.45) is 2.83. The molecule has 0 spiro atoms. The minimum Gasteiger partial charge on any atom is -0.385 e. The number of nitrogens with zero attached hydrogens (tertiary/aromatic N) is 3. The predicted octanol–water partition coefficient (Wildman–Crippen LogP) is 6.58. The predicted molar refractivity (Wildman–Crippen MR) is 156 cm³/mol. The number of pyridine rings is 1. The molecule has 0 bridgehead atoms. The Labute approximate surface area is 225 Å². The van der Waals surface area contributed by atoms with E-state index < -0.39 is 0 Å². The Balaban J connectivity index is 1.48. The third-order valence-electron chi connectivity index (χ3n) is 7.27. The molecule has 1 fully saturated rings. The van der Waals surface area contributed by atoms with Crippen molar-refractivity contribution in [3.63, 3.8) is 0 Å². The lowest BCUT2D eigenvalue weighted by molar-refractivity contribution is 0.315. The molecule has 1 aliphatic heterocycles. The van der Waals surface area contributed by atoms with E-state index in [1.807, 2.05) is 18.3 Å². The van der Waals surface area contributed by atoms with Gasteiger partial charge in [-0.3, -0.25) is 4.98 Å². The van der Waals surface area contributed by atoms with Crippen LogP contribution in [0, 0.1) is 27.7 Å². The number of para-hydroxylation sites is 1. The van der Waals surface area contributed by atoms with Crippen LogP contribution in [0.1, 0.15) is 52.3 Å². The zero-order valence-corrected chi connectivity index (χ0v) is 22.8. The summed E-state index contributed by atoms with van der Waals surface area (Å²) in [5, 5.41) is 7.93. The molecule has 37 heavy (non-hydrogen) atoms. The Morgan fingerprint density at radius 2 is 1.73 bits per heavy atom. The van der Waals surface area contributed by atoms with Crippen molar-refractivity contribution < 1.29 is 0 Å². The van der Waals surface area contributed by atoms with Gasteiger partial charge < -0.3 is 20.1 Å². The SMILES string of the molecule is Cc1ccc(C)c(-n2c(C)cc([C@@H]3[C@H](c4ccccn4)NC(=S)N3CCCNc3ccccc3)c2C)c1.